The van der Waals surface area contributed by atoms with Crippen LogP contribution in [0.15, 0.2) is 206 Å². The van der Waals surface area contributed by atoms with Gasteiger partial charge in [0.05, 0.1) is 33.5 Å². The molecule has 56 heavy (non-hydrogen) atoms. The number of fused-ring (bicyclic) bond motifs is 6. The van der Waals surface area contributed by atoms with Gasteiger partial charge in [0.25, 0.3) is 0 Å². The second kappa shape index (κ2) is 13.1. The molecule has 0 fully saturated rings. The van der Waals surface area contributed by atoms with Gasteiger partial charge in [-0.1, -0.05) is 158 Å². The molecule has 0 aliphatic carbocycles. The van der Waals surface area contributed by atoms with Crippen molar-refractivity contribution in [3.63, 3.8) is 0 Å². The lowest BCUT2D eigenvalue weighted by Gasteiger charge is -2.16. The molecule has 0 saturated carbocycles. The molecule has 11 rings (SSSR count). The van der Waals surface area contributed by atoms with Gasteiger partial charge in [0, 0.05) is 49.6 Å². The number of hydrogen-bond donors (Lipinski definition) is 0. The number of rotatable bonds is 6. The van der Waals surface area contributed by atoms with Crippen molar-refractivity contribution in [1.82, 2.24) is 19.1 Å². The maximum absolute atomic E-state index is 5.37. The Balaban J connectivity index is 1.19. The minimum atomic E-state index is 0.682. The summed E-state index contributed by atoms with van der Waals surface area (Å²) < 4.78 is 4.79. The molecule has 0 amide bonds. The van der Waals surface area contributed by atoms with Gasteiger partial charge >= 0.3 is 0 Å². The molecule has 0 unspecified atom stereocenters. The van der Waals surface area contributed by atoms with E-state index in [1.54, 1.807) is 0 Å². The summed E-state index contributed by atoms with van der Waals surface area (Å²) in [4.78, 5) is 10.6. The summed E-state index contributed by atoms with van der Waals surface area (Å²) in [5.74, 6) is 0.682. The summed E-state index contributed by atoms with van der Waals surface area (Å²) in [5, 5.41) is 4.89. The van der Waals surface area contributed by atoms with Crippen molar-refractivity contribution in [2.45, 2.75) is 0 Å². The predicted molar refractivity (Wildman–Crippen MR) is 232 cm³/mol. The van der Waals surface area contributed by atoms with Crippen LogP contribution in [0.4, 0.5) is 0 Å². The van der Waals surface area contributed by atoms with Crippen LogP contribution in [0.3, 0.4) is 0 Å². The first kappa shape index (κ1) is 31.9. The Bertz CT molecular complexity index is 2990. The van der Waals surface area contributed by atoms with Crippen molar-refractivity contribution >= 4 is 43.6 Å². The van der Waals surface area contributed by atoms with Crippen molar-refractivity contribution in [3.8, 4) is 56.4 Å². The topological polar surface area (TPSA) is 35.6 Å². The zero-order chi connectivity index (χ0) is 37.0. The maximum Gasteiger partial charge on any atom is 0.160 e. The summed E-state index contributed by atoms with van der Waals surface area (Å²) in [6.07, 6.45) is 0. The maximum atomic E-state index is 5.37. The molecule has 0 aliphatic rings. The van der Waals surface area contributed by atoms with Crippen molar-refractivity contribution in [3.05, 3.63) is 206 Å². The van der Waals surface area contributed by atoms with E-state index in [1.807, 2.05) is 12.1 Å². The smallest absolute Gasteiger partial charge is 0.160 e. The third-order valence-electron chi connectivity index (χ3n) is 10.9. The standard InChI is InChI=1S/C52H34N4/c1-3-15-35(16-4-1)36-27-29-38(30-28-36)52-53-46(37-17-5-2-6-18-37)34-47(54-52)39-31-40(55-48-23-11-7-19-42(48)43-20-8-12-24-49(43)55)33-41(32-39)56-50-25-13-9-21-44(50)45-22-10-14-26-51(45)56/h1-34H. The number of benzene rings is 8. The highest BCUT2D eigenvalue weighted by molar-refractivity contribution is 6.10. The van der Waals surface area contributed by atoms with Crippen LogP contribution in [0.5, 0.6) is 0 Å². The van der Waals surface area contributed by atoms with Gasteiger partial charge in [-0.15, -0.1) is 0 Å². The van der Waals surface area contributed by atoms with Crippen LogP contribution in [-0.2, 0) is 0 Å². The van der Waals surface area contributed by atoms with Gasteiger partial charge in [-0.2, -0.15) is 0 Å². The van der Waals surface area contributed by atoms with Gasteiger partial charge in [0.2, 0.25) is 0 Å². The van der Waals surface area contributed by atoms with E-state index in [0.29, 0.717) is 5.82 Å². The molecular weight excluding hydrogens is 681 g/mol. The fourth-order valence-electron chi connectivity index (χ4n) is 8.33. The number of para-hydroxylation sites is 4. The lowest BCUT2D eigenvalue weighted by atomic mass is 10.0. The van der Waals surface area contributed by atoms with Gasteiger partial charge in [-0.3, -0.25) is 0 Å². The highest BCUT2D eigenvalue weighted by Crippen LogP contribution is 2.38. The van der Waals surface area contributed by atoms with Gasteiger partial charge in [0.1, 0.15) is 0 Å². The molecule has 0 saturated heterocycles. The summed E-state index contributed by atoms with van der Waals surface area (Å²) >= 11 is 0. The van der Waals surface area contributed by atoms with Crippen LogP contribution in [0, 0.1) is 0 Å². The Morgan fingerprint density at radius 2 is 0.625 bits per heavy atom. The number of hydrogen-bond acceptors (Lipinski definition) is 2. The Morgan fingerprint density at radius 3 is 1.09 bits per heavy atom. The van der Waals surface area contributed by atoms with Gasteiger partial charge in [0.15, 0.2) is 5.82 Å². The minimum Gasteiger partial charge on any atom is -0.309 e. The van der Waals surface area contributed by atoms with E-state index < -0.39 is 0 Å². The highest BCUT2D eigenvalue weighted by atomic mass is 15.0. The van der Waals surface area contributed by atoms with E-state index in [-0.39, 0.29) is 0 Å². The highest BCUT2D eigenvalue weighted by Gasteiger charge is 2.19. The lowest BCUT2D eigenvalue weighted by Crippen LogP contribution is -2.01. The summed E-state index contributed by atoms with van der Waals surface area (Å²) in [6, 6.07) is 73.3. The van der Waals surface area contributed by atoms with Crippen molar-refractivity contribution in [1.29, 1.82) is 0 Å². The second-order valence-electron chi connectivity index (χ2n) is 14.2. The molecule has 0 radical (unpaired) electrons. The minimum absolute atomic E-state index is 0.682. The molecule has 0 spiro atoms. The van der Waals surface area contributed by atoms with E-state index >= 15 is 0 Å². The van der Waals surface area contributed by atoms with Crippen LogP contribution in [-0.4, -0.2) is 19.1 Å². The lowest BCUT2D eigenvalue weighted by molar-refractivity contribution is 1.13. The molecule has 0 bridgehead atoms. The van der Waals surface area contributed by atoms with Crippen LogP contribution in [0.1, 0.15) is 0 Å². The van der Waals surface area contributed by atoms with Crippen LogP contribution < -0.4 is 0 Å². The van der Waals surface area contributed by atoms with Gasteiger partial charge < -0.3 is 9.13 Å². The largest absolute Gasteiger partial charge is 0.309 e. The molecule has 4 heteroatoms. The fourth-order valence-corrected chi connectivity index (χ4v) is 8.33. The van der Waals surface area contributed by atoms with E-state index in [4.69, 9.17) is 9.97 Å². The Hall–Kier alpha value is -7.56. The van der Waals surface area contributed by atoms with Crippen LogP contribution in [0.2, 0.25) is 0 Å². The molecule has 3 heterocycles. The number of aromatic nitrogens is 4. The average Bonchev–Trinajstić information content (AvgIpc) is 3.80. The third kappa shape index (κ3) is 5.31. The first-order chi connectivity index (χ1) is 27.8. The van der Waals surface area contributed by atoms with Crippen molar-refractivity contribution in [2.75, 3.05) is 0 Å². The normalized spacial score (nSPS) is 11.6. The summed E-state index contributed by atoms with van der Waals surface area (Å²) in [7, 11) is 0. The zero-order valence-electron chi connectivity index (χ0n) is 30.4. The average molecular weight is 715 g/mol. The molecule has 4 nitrogen and oxygen atoms in total. The van der Waals surface area contributed by atoms with Gasteiger partial charge in [-0.05, 0) is 59.7 Å². The van der Waals surface area contributed by atoms with E-state index in [0.717, 1.165) is 67.1 Å². The zero-order valence-corrected chi connectivity index (χ0v) is 30.4. The van der Waals surface area contributed by atoms with Crippen molar-refractivity contribution < 1.29 is 0 Å². The SMILES string of the molecule is c1ccc(-c2ccc(-c3nc(-c4ccccc4)cc(-c4cc(-n5c6ccccc6c6ccccc65)cc(-n5c6ccccc6c6ccccc65)c4)n3)cc2)cc1. The Kier molecular flexibility index (Phi) is 7.46. The predicted octanol–water partition coefficient (Wildman–Crippen LogP) is 13.3. The summed E-state index contributed by atoms with van der Waals surface area (Å²) in [6.45, 7) is 0. The van der Waals surface area contributed by atoms with Crippen LogP contribution in [0.25, 0.3) is 100 Å². The first-order valence-corrected chi connectivity index (χ1v) is 19.0. The van der Waals surface area contributed by atoms with E-state index in [9.17, 15) is 0 Å². The molecule has 11 aromatic rings. The fraction of sp³-hybridized carbons (Fsp3) is 0. The van der Waals surface area contributed by atoms with E-state index in [1.165, 1.54) is 27.1 Å². The van der Waals surface area contributed by atoms with Gasteiger partial charge in [-0.25, -0.2) is 9.97 Å². The number of nitrogens with zero attached hydrogens (tertiary/aromatic N) is 4. The molecule has 262 valence electrons. The quantitative estimate of drug-likeness (QED) is 0.172. The molecule has 0 N–H and O–H groups in total. The molecule has 0 atom stereocenters. The third-order valence-corrected chi connectivity index (χ3v) is 10.9. The summed E-state index contributed by atoms with van der Waals surface area (Å²) in [5.41, 5.74) is 13.8. The Labute approximate surface area is 324 Å². The molecular formula is C52H34N4. The molecule has 8 aromatic carbocycles. The second-order valence-corrected chi connectivity index (χ2v) is 14.2. The van der Waals surface area contributed by atoms with Crippen molar-refractivity contribution in [2.24, 2.45) is 0 Å². The van der Waals surface area contributed by atoms with E-state index in [2.05, 4.69) is 203 Å². The monoisotopic (exact) mass is 714 g/mol. The first-order valence-electron chi connectivity index (χ1n) is 19.0. The molecule has 0 aliphatic heterocycles. The molecule has 3 aromatic heterocycles. The Morgan fingerprint density at radius 1 is 0.268 bits per heavy atom. The van der Waals surface area contributed by atoms with Crippen LogP contribution >= 0.6 is 0 Å².